The Kier molecular flexibility index (Phi) is 7.80. The third kappa shape index (κ3) is 5.55. The summed E-state index contributed by atoms with van der Waals surface area (Å²) in [5.74, 6) is 1.84. The third-order valence-electron chi connectivity index (χ3n) is 12.5. The topological polar surface area (TPSA) is 53.5 Å². The van der Waals surface area contributed by atoms with Gasteiger partial charge in [-0.3, -0.25) is 4.57 Å². The van der Waals surface area contributed by atoms with Gasteiger partial charge < -0.3 is 9.13 Å². The van der Waals surface area contributed by atoms with E-state index in [2.05, 4.69) is 171 Å². The SMILES string of the molecule is c1ccc(-c2nc(-c3ccccc3)nc(-n3c4ccccc4c4cc(-c5ccc6c(c5)c5cc(-n7c8ccccc8c8ccccc87)ccc5n6-c5ccccc5)ccc43)n2)cc1. The van der Waals surface area contributed by atoms with Crippen LogP contribution in [0.15, 0.2) is 218 Å². The van der Waals surface area contributed by atoms with Crippen LogP contribution in [0.3, 0.4) is 0 Å². The molecule has 4 aromatic heterocycles. The van der Waals surface area contributed by atoms with Gasteiger partial charge in [-0.25, -0.2) is 4.98 Å². The molecule has 0 unspecified atom stereocenters. The van der Waals surface area contributed by atoms with Crippen LogP contribution in [0.1, 0.15) is 0 Å². The van der Waals surface area contributed by atoms with Crippen LogP contribution in [-0.4, -0.2) is 28.7 Å². The summed E-state index contributed by atoms with van der Waals surface area (Å²) in [4.78, 5) is 15.2. The molecule has 9 aromatic carbocycles. The van der Waals surface area contributed by atoms with Gasteiger partial charge in [0.25, 0.3) is 0 Å². The van der Waals surface area contributed by atoms with E-state index in [0.29, 0.717) is 17.6 Å². The molecule has 0 aliphatic rings. The van der Waals surface area contributed by atoms with Gasteiger partial charge in [0.1, 0.15) is 0 Å². The lowest BCUT2D eigenvalue weighted by atomic mass is 10.0. The first kappa shape index (κ1) is 35.2. The van der Waals surface area contributed by atoms with Crippen molar-refractivity contribution in [3.8, 4) is 51.2 Å². The fourth-order valence-electron chi connectivity index (χ4n) is 9.65. The van der Waals surface area contributed by atoms with E-state index in [1.807, 2.05) is 60.7 Å². The lowest BCUT2D eigenvalue weighted by molar-refractivity contribution is 0.953. The molecule has 0 bridgehead atoms. The maximum Gasteiger partial charge on any atom is 0.238 e. The van der Waals surface area contributed by atoms with Gasteiger partial charge >= 0.3 is 0 Å². The van der Waals surface area contributed by atoms with Gasteiger partial charge in [-0.1, -0.05) is 146 Å². The van der Waals surface area contributed by atoms with Crippen molar-refractivity contribution in [1.29, 1.82) is 0 Å². The van der Waals surface area contributed by atoms with Crippen molar-refractivity contribution in [2.24, 2.45) is 0 Å². The zero-order valence-corrected chi connectivity index (χ0v) is 34.0. The average molecular weight is 805 g/mol. The summed E-state index contributed by atoms with van der Waals surface area (Å²) in [6.07, 6.45) is 0. The van der Waals surface area contributed by atoms with E-state index in [0.717, 1.165) is 61.0 Å². The van der Waals surface area contributed by atoms with Crippen molar-refractivity contribution < 1.29 is 0 Å². The fraction of sp³-hybridized carbons (Fsp3) is 0. The molecule has 13 aromatic rings. The van der Waals surface area contributed by atoms with Crippen LogP contribution in [-0.2, 0) is 0 Å². The minimum Gasteiger partial charge on any atom is -0.309 e. The number of nitrogens with zero attached hydrogens (tertiary/aromatic N) is 6. The molecule has 0 aliphatic heterocycles. The lowest BCUT2D eigenvalue weighted by Crippen LogP contribution is -2.06. The molecule has 294 valence electrons. The van der Waals surface area contributed by atoms with Crippen LogP contribution in [0.5, 0.6) is 0 Å². The first-order chi connectivity index (χ1) is 31.2. The number of para-hydroxylation sites is 4. The van der Waals surface area contributed by atoms with Crippen molar-refractivity contribution in [2.75, 3.05) is 0 Å². The number of aromatic nitrogens is 6. The van der Waals surface area contributed by atoms with Gasteiger partial charge in [0.15, 0.2) is 11.6 Å². The van der Waals surface area contributed by atoms with Crippen molar-refractivity contribution >= 4 is 65.4 Å². The molecule has 6 nitrogen and oxygen atoms in total. The Morgan fingerprint density at radius 3 is 1.17 bits per heavy atom. The zero-order valence-electron chi connectivity index (χ0n) is 34.0. The average Bonchev–Trinajstić information content (AvgIpc) is 3.99. The van der Waals surface area contributed by atoms with Crippen LogP contribution in [0.2, 0.25) is 0 Å². The number of rotatable bonds is 6. The van der Waals surface area contributed by atoms with E-state index in [1.165, 1.54) is 38.1 Å². The van der Waals surface area contributed by atoms with Crippen LogP contribution in [0.4, 0.5) is 0 Å². The highest BCUT2D eigenvalue weighted by atomic mass is 15.2. The second-order valence-corrected chi connectivity index (χ2v) is 16.1. The number of hydrogen-bond donors (Lipinski definition) is 0. The van der Waals surface area contributed by atoms with Crippen molar-refractivity contribution in [3.63, 3.8) is 0 Å². The molecular formula is C57H36N6. The first-order valence-electron chi connectivity index (χ1n) is 21.3. The van der Waals surface area contributed by atoms with Crippen LogP contribution < -0.4 is 0 Å². The molecule has 13 rings (SSSR count). The Morgan fingerprint density at radius 1 is 0.238 bits per heavy atom. The Labute approximate surface area is 362 Å². The maximum absolute atomic E-state index is 5.14. The zero-order chi connectivity index (χ0) is 41.4. The van der Waals surface area contributed by atoms with Crippen LogP contribution in [0, 0.1) is 0 Å². The number of fused-ring (bicyclic) bond motifs is 9. The normalized spacial score (nSPS) is 11.8. The Hall–Kier alpha value is -8.61. The van der Waals surface area contributed by atoms with Crippen LogP contribution >= 0.6 is 0 Å². The second-order valence-electron chi connectivity index (χ2n) is 16.1. The van der Waals surface area contributed by atoms with Crippen molar-refractivity contribution in [2.45, 2.75) is 0 Å². The van der Waals surface area contributed by atoms with Crippen molar-refractivity contribution in [3.05, 3.63) is 218 Å². The molecule has 0 saturated carbocycles. The molecule has 0 amide bonds. The molecule has 0 aliphatic carbocycles. The number of hydrogen-bond acceptors (Lipinski definition) is 3. The summed E-state index contributed by atoms with van der Waals surface area (Å²) in [5, 5.41) is 7.17. The lowest BCUT2D eigenvalue weighted by Gasteiger charge is -2.11. The van der Waals surface area contributed by atoms with Gasteiger partial charge in [-0.2, -0.15) is 9.97 Å². The first-order valence-corrected chi connectivity index (χ1v) is 21.3. The van der Waals surface area contributed by atoms with E-state index in [-0.39, 0.29) is 0 Å². The van der Waals surface area contributed by atoms with Gasteiger partial charge in [-0.05, 0) is 83.9 Å². The highest BCUT2D eigenvalue weighted by molar-refractivity contribution is 6.14. The summed E-state index contributed by atoms with van der Waals surface area (Å²) >= 11 is 0. The molecule has 0 radical (unpaired) electrons. The summed E-state index contributed by atoms with van der Waals surface area (Å²) in [7, 11) is 0. The minimum atomic E-state index is 0.579. The Morgan fingerprint density at radius 2 is 0.619 bits per heavy atom. The van der Waals surface area contributed by atoms with E-state index < -0.39 is 0 Å². The van der Waals surface area contributed by atoms with Crippen LogP contribution in [0.25, 0.3) is 117 Å². The predicted molar refractivity (Wildman–Crippen MR) is 259 cm³/mol. The van der Waals surface area contributed by atoms with E-state index >= 15 is 0 Å². The van der Waals surface area contributed by atoms with E-state index in [1.54, 1.807) is 0 Å². The monoisotopic (exact) mass is 804 g/mol. The maximum atomic E-state index is 5.14. The summed E-state index contributed by atoms with van der Waals surface area (Å²) in [5.41, 5.74) is 13.2. The molecule has 6 heteroatoms. The van der Waals surface area contributed by atoms with Crippen molar-refractivity contribution in [1.82, 2.24) is 28.7 Å². The van der Waals surface area contributed by atoms with Gasteiger partial charge in [0, 0.05) is 54.8 Å². The van der Waals surface area contributed by atoms with Gasteiger partial charge in [0.05, 0.1) is 33.1 Å². The minimum absolute atomic E-state index is 0.579. The smallest absolute Gasteiger partial charge is 0.238 e. The summed E-state index contributed by atoms with van der Waals surface area (Å²) in [6, 6.07) is 77.6. The molecule has 0 atom stereocenters. The standard InChI is InChI=1S/C57H36N6/c1-4-16-37(17-5-1)55-58-56(38-18-6-2-7-19-38)60-57(59-55)63-51-27-15-12-24-45(51)46-34-39(29-32-54(46)63)40-28-31-52-47(35-40)48-36-42(30-33-53(48)61(52)41-20-8-3-9-21-41)62-49-25-13-10-22-43(49)44-23-11-14-26-50(44)62/h1-36H. The largest absolute Gasteiger partial charge is 0.309 e. The molecule has 63 heavy (non-hydrogen) atoms. The van der Waals surface area contributed by atoms with Gasteiger partial charge in [0.2, 0.25) is 5.95 Å². The molecule has 0 N–H and O–H groups in total. The summed E-state index contributed by atoms with van der Waals surface area (Å²) < 4.78 is 6.98. The molecule has 0 saturated heterocycles. The molecule has 0 spiro atoms. The highest BCUT2D eigenvalue weighted by Crippen LogP contribution is 2.40. The van der Waals surface area contributed by atoms with E-state index in [9.17, 15) is 0 Å². The molecular weight excluding hydrogens is 769 g/mol. The third-order valence-corrected chi connectivity index (χ3v) is 12.5. The fourth-order valence-corrected chi connectivity index (χ4v) is 9.65. The summed E-state index contributed by atoms with van der Waals surface area (Å²) in [6.45, 7) is 0. The molecule has 0 fully saturated rings. The second kappa shape index (κ2) is 14.0. The Bertz CT molecular complexity index is 3790. The highest BCUT2D eigenvalue weighted by Gasteiger charge is 2.20. The predicted octanol–water partition coefficient (Wildman–Crippen LogP) is 14.2. The number of benzene rings is 9. The quantitative estimate of drug-likeness (QED) is 0.168. The Balaban J connectivity index is 1.01. The van der Waals surface area contributed by atoms with Gasteiger partial charge in [-0.15, -0.1) is 0 Å². The molecule has 4 heterocycles. The van der Waals surface area contributed by atoms with E-state index in [4.69, 9.17) is 15.0 Å².